The minimum absolute atomic E-state index is 0.238. The van der Waals surface area contributed by atoms with Crippen LogP contribution in [-0.2, 0) is 20.9 Å². The SMILES string of the molecule is C[C@H](OCc1ccccc1)[C@H](NC(=O)OC(C)(C)C)C(=O)[O-]. The highest BCUT2D eigenvalue weighted by atomic mass is 16.6. The van der Waals surface area contributed by atoms with Gasteiger partial charge in [0.15, 0.2) is 0 Å². The molecule has 6 nitrogen and oxygen atoms in total. The molecular formula is C16H22NO5-. The van der Waals surface area contributed by atoms with Crippen molar-refractivity contribution in [2.45, 2.75) is 52.0 Å². The van der Waals surface area contributed by atoms with Gasteiger partial charge in [-0.3, -0.25) is 0 Å². The number of rotatable bonds is 6. The zero-order chi connectivity index (χ0) is 16.8. The van der Waals surface area contributed by atoms with Crippen LogP contribution in [0.5, 0.6) is 0 Å². The Morgan fingerprint density at radius 2 is 1.82 bits per heavy atom. The fourth-order valence-corrected chi connectivity index (χ4v) is 1.70. The van der Waals surface area contributed by atoms with E-state index < -0.39 is 29.8 Å². The molecule has 1 rings (SSSR count). The molecular weight excluding hydrogens is 286 g/mol. The molecule has 1 aromatic carbocycles. The standard InChI is InChI=1S/C16H23NO5/c1-11(21-10-12-8-6-5-7-9-12)13(14(18)19)17-15(20)22-16(2,3)4/h5-9,11,13H,10H2,1-4H3,(H,17,20)(H,18,19)/p-1/t11-,13-/m0/s1. The van der Waals surface area contributed by atoms with Crippen LogP contribution in [0.4, 0.5) is 4.79 Å². The van der Waals surface area contributed by atoms with Crippen LogP contribution in [-0.4, -0.2) is 29.8 Å². The minimum atomic E-state index is -1.42. The molecule has 6 heteroatoms. The van der Waals surface area contributed by atoms with Crippen LogP contribution in [0.3, 0.4) is 0 Å². The molecule has 2 atom stereocenters. The maximum absolute atomic E-state index is 11.7. The number of hydrogen-bond donors (Lipinski definition) is 1. The molecule has 1 N–H and O–H groups in total. The molecule has 1 aromatic rings. The lowest BCUT2D eigenvalue weighted by Crippen LogP contribution is -2.55. The van der Waals surface area contributed by atoms with Crippen LogP contribution in [0.1, 0.15) is 33.3 Å². The quantitative estimate of drug-likeness (QED) is 0.854. The van der Waals surface area contributed by atoms with Crippen LogP contribution < -0.4 is 10.4 Å². The molecule has 0 bridgehead atoms. The second-order valence-electron chi connectivity index (χ2n) is 5.94. The van der Waals surface area contributed by atoms with Crippen molar-refractivity contribution in [2.24, 2.45) is 0 Å². The summed E-state index contributed by atoms with van der Waals surface area (Å²) in [6, 6.07) is 8.03. The van der Waals surface area contributed by atoms with Gasteiger partial charge in [0.05, 0.1) is 24.7 Å². The molecule has 0 aromatic heterocycles. The third-order valence-corrected chi connectivity index (χ3v) is 2.75. The van der Waals surface area contributed by atoms with Gasteiger partial charge >= 0.3 is 6.09 Å². The number of benzene rings is 1. The first kappa shape index (κ1) is 18.0. The van der Waals surface area contributed by atoms with E-state index in [9.17, 15) is 14.7 Å². The van der Waals surface area contributed by atoms with Crippen LogP contribution in [0, 0.1) is 0 Å². The summed E-state index contributed by atoms with van der Waals surface area (Å²) in [5.41, 5.74) is 0.193. The normalized spacial score (nSPS) is 14.0. The van der Waals surface area contributed by atoms with E-state index in [1.54, 1.807) is 27.7 Å². The van der Waals surface area contributed by atoms with Crippen molar-refractivity contribution >= 4 is 12.1 Å². The number of ether oxygens (including phenoxy) is 2. The first-order valence-corrected chi connectivity index (χ1v) is 7.05. The number of alkyl carbamates (subject to hydrolysis) is 1. The van der Waals surface area contributed by atoms with E-state index in [0.29, 0.717) is 0 Å². The molecule has 22 heavy (non-hydrogen) atoms. The topological polar surface area (TPSA) is 87.7 Å². The highest BCUT2D eigenvalue weighted by Crippen LogP contribution is 2.09. The second-order valence-corrected chi connectivity index (χ2v) is 5.94. The predicted molar refractivity (Wildman–Crippen MR) is 78.9 cm³/mol. The summed E-state index contributed by atoms with van der Waals surface area (Å²) in [6.45, 7) is 6.87. The first-order valence-electron chi connectivity index (χ1n) is 7.05. The van der Waals surface area contributed by atoms with Gasteiger partial charge in [-0.05, 0) is 33.3 Å². The molecule has 0 spiro atoms. The summed E-state index contributed by atoms with van der Waals surface area (Å²) in [5, 5.41) is 13.5. The molecule has 0 aliphatic heterocycles. The number of amides is 1. The van der Waals surface area contributed by atoms with Gasteiger partial charge in [-0.2, -0.15) is 0 Å². The Kier molecular flexibility index (Phi) is 6.37. The van der Waals surface area contributed by atoms with Gasteiger partial charge in [0.2, 0.25) is 0 Å². The Labute approximate surface area is 130 Å². The predicted octanol–water partition coefficient (Wildman–Crippen LogP) is 1.23. The Morgan fingerprint density at radius 1 is 1.23 bits per heavy atom. The van der Waals surface area contributed by atoms with E-state index in [2.05, 4.69) is 5.32 Å². The number of carboxylic acids is 1. The number of aliphatic carboxylic acids is 1. The van der Waals surface area contributed by atoms with Crippen molar-refractivity contribution in [1.82, 2.24) is 5.32 Å². The molecule has 0 saturated heterocycles. The third-order valence-electron chi connectivity index (χ3n) is 2.75. The summed E-state index contributed by atoms with van der Waals surface area (Å²) >= 11 is 0. The zero-order valence-corrected chi connectivity index (χ0v) is 13.3. The zero-order valence-electron chi connectivity index (χ0n) is 13.3. The minimum Gasteiger partial charge on any atom is -0.548 e. The largest absolute Gasteiger partial charge is 0.548 e. The second kappa shape index (κ2) is 7.79. The fourth-order valence-electron chi connectivity index (χ4n) is 1.70. The van der Waals surface area contributed by atoms with Crippen LogP contribution in [0.25, 0.3) is 0 Å². The number of carboxylic acid groups (broad SMARTS) is 1. The lowest BCUT2D eigenvalue weighted by Gasteiger charge is -2.28. The summed E-state index contributed by atoms with van der Waals surface area (Å²) in [7, 11) is 0. The molecule has 0 radical (unpaired) electrons. The number of nitrogens with one attached hydrogen (secondary N) is 1. The van der Waals surface area contributed by atoms with Crippen molar-refractivity contribution < 1.29 is 24.2 Å². The Morgan fingerprint density at radius 3 is 2.32 bits per heavy atom. The lowest BCUT2D eigenvalue weighted by molar-refractivity contribution is -0.310. The Bertz CT molecular complexity index is 495. The van der Waals surface area contributed by atoms with E-state index in [0.717, 1.165) is 5.56 Å². The van der Waals surface area contributed by atoms with Crippen molar-refractivity contribution in [3.8, 4) is 0 Å². The number of hydrogen-bond acceptors (Lipinski definition) is 5. The molecule has 0 unspecified atom stereocenters. The van der Waals surface area contributed by atoms with Crippen molar-refractivity contribution in [3.05, 3.63) is 35.9 Å². The van der Waals surface area contributed by atoms with Gasteiger partial charge in [0.25, 0.3) is 0 Å². The van der Waals surface area contributed by atoms with Crippen LogP contribution >= 0.6 is 0 Å². The summed E-state index contributed by atoms with van der Waals surface area (Å²) in [5.74, 6) is -1.42. The average molecular weight is 308 g/mol. The van der Waals surface area contributed by atoms with E-state index in [4.69, 9.17) is 9.47 Å². The fraction of sp³-hybridized carbons (Fsp3) is 0.500. The van der Waals surface area contributed by atoms with Gasteiger partial charge in [0.1, 0.15) is 5.60 Å². The number of carbonyl (C=O) groups excluding carboxylic acids is 2. The molecule has 1 amide bonds. The molecule has 122 valence electrons. The van der Waals surface area contributed by atoms with E-state index in [-0.39, 0.29) is 6.61 Å². The molecule has 0 aliphatic carbocycles. The number of carbonyl (C=O) groups is 2. The molecule has 0 heterocycles. The van der Waals surface area contributed by atoms with E-state index in [1.807, 2.05) is 30.3 Å². The summed E-state index contributed by atoms with van der Waals surface area (Å²) < 4.78 is 10.5. The highest BCUT2D eigenvalue weighted by molar-refractivity contribution is 5.79. The molecule has 0 fully saturated rings. The summed E-state index contributed by atoms with van der Waals surface area (Å²) in [6.07, 6.45) is -1.59. The smallest absolute Gasteiger partial charge is 0.408 e. The van der Waals surface area contributed by atoms with Crippen molar-refractivity contribution in [3.63, 3.8) is 0 Å². The van der Waals surface area contributed by atoms with Gasteiger partial charge in [-0.25, -0.2) is 4.79 Å². The van der Waals surface area contributed by atoms with Gasteiger partial charge in [0, 0.05) is 0 Å². The van der Waals surface area contributed by atoms with Crippen LogP contribution in [0.2, 0.25) is 0 Å². The Balaban J connectivity index is 2.58. The molecule has 0 saturated carbocycles. The maximum Gasteiger partial charge on any atom is 0.408 e. The Hall–Kier alpha value is -2.08. The van der Waals surface area contributed by atoms with Crippen LogP contribution in [0.15, 0.2) is 30.3 Å². The highest BCUT2D eigenvalue weighted by Gasteiger charge is 2.24. The van der Waals surface area contributed by atoms with Crippen molar-refractivity contribution in [2.75, 3.05) is 0 Å². The van der Waals surface area contributed by atoms with E-state index >= 15 is 0 Å². The first-order chi connectivity index (χ1) is 10.2. The summed E-state index contributed by atoms with van der Waals surface area (Å²) in [4.78, 5) is 22.9. The third kappa shape index (κ3) is 6.58. The van der Waals surface area contributed by atoms with E-state index in [1.165, 1.54) is 0 Å². The maximum atomic E-state index is 11.7. The average Bonchev–Trinajstić information content (AvgIpc) is 2.41. The van der Waals surface area contributed by atoms with Gasteiger partial charge in [-0.1, -0.05) is 30.3 Å². The van der Waals surface area contributed by atoms with Gasteiger partial charge in [-0.15, -0.1) is 0 Å². The monoisotopic (exact) mass is 308 g/mol. The van der Waals surface area contributed by atoms with Crippen molar-refractivity contribution in [1.29, 1.82) is 0 Å². The van der Waals surface area contributed by atoms with Gasteiger partial charge < -0.3 is 24.7 Å². The molecule has 0 aliphatic rings. The lowest BCUT2D eigenvalue weighted by atomic mass is 10.1.